The third-order valence-electron chi connectivity index (χ3n) is 4.00. The van der Waals surface area contributed by atoms with Crippen LogP contribution in [0.2, 0.25) is 0 Å². The number of carbonyl (C=O) groups is 1. The van der Waals surface area contributed by atoms with E-state index >= 15 is 0 Å². The molecule has 98 valence electrons. The van der Waals surface area contributed by atoms with Crippen LogP contribution in [-0.4, -0.2) is 29.0 Å². The van der Waals surface area contributed by atoms with Crippen LogP contribution in [0.5, 0.6) is 0 Å². The van der Waals surface area contributed by atoms with Gasteiger partial charge in [-0.2, -0.15) is 0 Å². The number of carbonyl (C=O) groups excluding carboxylic acids is 1. The number of nitrogens with zero attached hydrogens (tertiary/aromatic N) is 1. The van der Waals surface area contributed by atoms with Crippen LogP contribution in [0, 0.1) is 5.92 Å². The molecule has 2 atom stereocenters. The zero-order valence-electron chi connectivity index (χ0n) is 11.1. The van der Waals surface area contributed by atoms with Gasteiger partial charge in [-0.3, -0.25) is 4.79 Å². The van der Waals surface area contributed by atoms with Crippen molar-refractivity contribution in [2.75, 3.05) is 13.1 Å². The standard InChI is InChI=1S/C15H21NO2/c1-3-14(17)16-10-9-15(18,12(2)11-16)13-7-5-4-6-8-13/h4-8,12,18H,3,9-11H2,1-2H3/t12-,15-/m0/s1. The van der Waals surface area contributed by atoms with Gasteiger partial charge in [0.25, 0.3) is 0 Å². The quantitative estimate of drug-likeness (QED) is 0.870. The minimum absolute atomic E-state index is 0.0594. The van der Waals surface area contributed by atoms with Crippen molar-refractivity contribution in [2.45, 2.75) is 32.3 Å². The Labute approximate surface area is 108 Å². The van der Waals surface area contributed by atoms with Crippen molar-refractivity contribution in [3.63, 3.8) is 0 Å². The van der Waals surface area contributed by atoms with Gasteiger partial charge in [0.1, 0.15) is 0 Å². The van der Waals surface area contributed by atoms with Gasteiger partial charge in [-0.1, -0.05) is 44.2 Å². The first-order chi connectivity index (χ1) is 8.58. The van der Waals surface area contributed by atoms with Crippen molar-refractivity contribution >= 4 is 5.91 Å². The van der Waals surface area contributed by atoms with E-state index in [0.717, 1.165) is 5.56 Å². The summed E-state index contributed by atoms with van der Waals surface area (Å²) in [6, 6.07) is 9.78. The molecule has 3 heteroatoms. The van der Waals surface area contributed by atoms with Gasteiger partial charge >= 0.3 is 0 Å². The average molecular weight is 247 g/mol. The molecule has 0 aromatic heterocycles. The topological polar surface area (TPSA) is 40.5 Å². The van der Waals surface area contributed by atoms with Crippen molar-refractivity contribution < 1.29 is 9.90 Å². The summed E-state index contributed by atoms with van der Waals surface area (Å²) in [6.45, 7) is 5.17. The molecule has 0 saturated carbocycles. The monoisotopic (exact) mass is 247 g/mol. The molecule has 1 N–H and O–H groups in total. The highest BCUT2D eigenvalue weighted by atomic mass is 16.3. The third-order valence-corrected chi connectivity index (χ3v) is 4.00. The Kier molecular flexibility index (Phi) is 3.71. The second-order valence-electron chi connectivity index (χ2n) is 5.13. The Morgan fingerprint density at radius 1 is 1.44 bits per heavy atom. The molecule has 0 spiro atoms. The molecule has 1 aliphatic rings. The largest absolute Gasteiger partial charge is 0.385 e. The molecular weight excluding hydrogens is 226 g/mol. The normalized spacial score (nSPS) is 28.2. The van der Waals surface area contributed by atoms with Crippen LogP contribution >= 0.6 is 0 Å². The minimum atomic E-state index is -0.800. The van der Waals surface area contributed by atoms with E-state index < -0.39 is 5.60 Å². The summed E-state index contributed by atoms with van der Waals surface area (Å²) in [5.74, 6) is 0.237. The van der Waals surface area contributed by atoms with E-state index in [-0.39, 0.29) is 11.8 Å². The number of benzene rings is 1. The van der Waals surface area contributed by atoms with Gasteiger partial charge in [-0.15, -0.1) is 0 Å². The first-order valence-electron chi connectivity index (χ1n) is 6.63. The van der Waals surface area contributed by atoms with Gasteiger partial charge in [0.15, 0.2) is 0 Å². The van der Waals surface area contributed by atoms with Crippen molar-refractivity contribution in [3.05, 3.63) is 35.9 Å². The highest BCUT2D eigenvalue weighted by molar-refractivity contribution is 5.76. The number of hydrogen-bond donors (Lipinski definition) is 1. The molecular formula is C15H21NO2. The number of hydrogen-bond acceptors (Lipinski definition) is 2. The van der Waals surface area contributed by atoms with E-state index in [0.29, 0.717) is 25.9 Å². The van der Waals surface area contributed by atoms with Crippen LogP contribution in [0.25, 0.3) is 0 Å². The maximum absolute atomic E-state index is 11.7. The molecule has 0 radical (unpaired) electrons. The highest BCUT2D eigenvalue weighted by Gasteiger charge is 2.40. The van der Waals surface area contributed by atoms with E-state index in [1.807, 2.05) is 49.1 Å². The Morgan fingerprint density at radius 2 is 2.11 bits per heavy atom. The smallest absolute Gasteiger partial charge is 0.222 e. The Hall–Kier alpha value is -1.35. The van der Waals surface area contributed by atoms with Crippen LogP contribution in [-0.2, 0) is 10.4 Å². The summed E-state index contributed by atoms with van der Waals surface area (Å²) in [7, 11) is 0. The Balaban J connectivity index is 2.16. The predicted octanol–water partition coefficient (Wildman–Crippen LogP) is 2.15. The number of amides is 1. The first-order valence-corrected chi connectivity index (χ1v) is 6.63. The molecule has 0 bridgehead atoms. The van der Waals surface area contributed by atoms with Gasteiger partial charge in [-0.05, 0) is 12.0 Å². The lowest BCUT2D eigenvalue weighted by Crippen LogP contribution is -2.50. The molecule has 1 heterocycles. The molecule has 0 aliphatic carbocycles. The molecule has 2 rings (SSSR count). The van der Waals surface area contributed by atoms with E-state index in [2.05, 4.69) is 0 Å². The van der Waals surface area contributed by atoms with Gasteiger partial charge in [0.2, 0.25) is 5.91 Å². The average Bonchev–Trinajstić information content (AvgIpc) is 2.42. The highest BCUT2D eigenvalue weighted by Crippen LogP contribution is 2.37. The van der Waals surface area contributed by atoms with Crippen molar-refractivity contribution in [1.82, 2.24) is 4.90 Å². The molecule has 0 unspecified atom stereocenters. The number of piperidine rings is 1. The maximum atomic E-state index is 11.7. The molecule has 18 heavy (non-hydrogen) atoms. The number of likely N-dealkylation sites (tertiary alicyclic amines) is 1. The van der Waals surface area contributed by atoms with Crippen LogP contribution < -0.4 is 0 Å². The molecule has 3 nitrogen and oxygen atoms in total. The molecule has 1 saturated heterocycles. The van der Waals surface area contributed by atoms with Gasteiger partial charge < -0.3 is 10.0 Å². The van der Waals surface area contributed by atoms with Gasteiger partial charge in [-0.25, -0.2) is 0 Å². The van der Waals surface area contributed by atoms with Crippen LogP contribution in [0.4, 0.5) is 0 Å². The fourth-order valence-corrected chi connectivity index (χ4v) is 2.73. The summed E-state index contributed by atoms with van der Waals surface area (Å²) in [5.41, 5.74) is 0.160. The zero-order chi connectivity index (χ0) is 13.2. The van der Waals surface area contributed by atoms with E-state index in [4.69, 9.17) is 0 Å². The number of aliphatic hydroxyl groups is 1. The predicted molar refractivity (Wildman–Crippen MR) is 71.0 cm³/mol. The zero-order valence-corrected chi connectivity index (χ0v) is 11.1. The van der Waals surface area contributed by atoms with Crippen LogP contribution in [0.15, 0.2) is 30.3 Å². The summed E-state index contributed by atoms with van der Waals surface area (Å²) >= 11 is 0. The van der Waals surface area contributed by atoms with Crippen LogP contribution in [0.3, 0.4) is 0 Å². The minimum Gasteiger partial charge on any atom is -0.385 e. The van der Waals surface area contributed by atoms with Crippen LogP contribution in [0.1, 0.15) is 32.3 Å². The summed E-state index contributed by atoms with van der Waals surface area (Å²) in [5, 5.41) is 10.8. The Morgan fingerprint density at radius 3 is 2.67 bits per heavy atom. The van der Waals surface area contributed by atoms with Gasteiger partial charge in [0.05, 0.1) is 5.60 Å². The number of rotatable bonds is 2. The lowest BCUT2D eigenvalue weighted by atomic mass is 9.77. The van der Waals surface area contributed by atoms with Crippen molar-refractivity contribution in [1.29, 1.82) is 0 Å². The fourth-order valence-electron chi connectivity index (χ4n) is 2.73. The first kappa shape index (κ1) is 13.1. The fraction of sp³-hybridized carbons (Fsp3) is 0.533. The van der Waals surface area contributed by atoms with E-state index in [1.165, 1.54) is 0 Å². The molecule has 1 aromatic rings. The SMILES string of the molecule is CCC(=O)N1CC[C@@](O)(c2ccccc2)[C@@H](C)C1. The van der Waals surface area contributed by atoms with Crippen molar-refractivity contribution in [3.8, 4) is 0 Å². The summed E-state index contributed by atoms with van der Waals surface area (Å²) < 4.78 is 0. The van der Waals surface area contributed by atoms with E-state index in [1.54, 1.807) is 0 Å². The lowest BCUT2D eigenvalue weighted by molar-refractivity contribution is -0.139. The lowest BCUT2D eigenvalue weighted by Gasteiger charge is -2.43. The molecule has 1 fully saturated rings. The van der Waals surface area contributed by atoms with Crippen molar-refractivity contribution in [2.24, 2.45) is 5.92 Å². The second kappa shape index (κ2) is 5.11. The maximum Gasteiger partial charge on any atom is 0.222 e. The second-order valence-corrected chi connectivity index (χ2v) is 5.13. The molecule has 1 aromatic carbocycles. The molecule has 1 amide bonds. The van der Waals surface area contributed by atoms with Gasteiger partial charge in [0, 0.05) is 25.4 Å². The Bertz CT molecular complexity index is 418. The molecule has 1 aliphatic heterocycles. The van der Waals surface area contributed by atoms with E-state index in [9.17, 15) is 9.90 Å². The third kappa shape index (κ3) is 2.27. The summed E-state index contributed by atoms with van der Waals surface area (Å²) in [6.07, 6.45) is 1.15. The summed E-state index contributed by atoms with van der Waals surface area (Å²) in [4.78, 5) is 13.6.